The van der Waals surface area contributed by atoms with Gasteiger partial charge in [-0.05, 0) is 83.0 Å². The van der Waals surface area contributed by atoms with Gasteiger partial charge in [0.05, 0.1) is 18.6 Å². The second-order valence-corrected chi connectivity index (χ2v) is 16.2. The van der Waals surface area contributed by atoms with E-state index in [0.29, 0.717) is 25.8 Å². The third kappa shape index (κ3) is 11.0. The first-order valence-electron chi connectivity index (χ1n) is 18.7. The van der Waals surface area contributed by atoms with Crippen molar-refractivity contribution in [2.24, 2.45) is 29.4 Å². The molecule has 12 heteroatoms. The van der Waals surface area contributed by atoms with E-state index in [0.717, 1.165) is 57.8 Å². The molecular formula is C37H63N5O7. The number of carbonyl (C=O) groups is 6. The van der Waals surface area contributed by atoms with E-state index in [1.54, 1.807) is 4.90 Å². The number of hydrogen-bond donors (Lipinski definition) is 4. The lowest BCUT2D eigenvalue weighted by Crippen LogP contribution is -2.61. The number of Topliss-reactive ketones (excluding diaryl/α,β-unsaturated/α-hetero) is 1. The Hall–Kier alpha value is -3.02. The van der Waals surface area contributed by atoms with E-state index in [1.165, 1.54) is 0 Å². The van der Waals surface area contributed by atoms with Crippen LogP contribution in [0, 0.1) is 23.7 Å². The fourth-order valence-electron chi connectivity index (χ4n) is 7.85. The number of carbonyl (C=O) groups excluding carboxylic acids is 6. The predicted molar refractivity (Wildman–Crippen MR) is 187 cm³/mol. The summed E-state index contributed by atoms with van der Waals surface area (Å²) in [5.74, 6) is -3.53. The van der Waals surface area contributed by atoms with Gasteiger partial charge in [0.2, 0.25) is 23.5 Å². The van der Waals surface area contributed by atoms with Crippen LogP contribution < -0.4 is 21.7 Å². The minimum Gasteiger partial charge on any atom is -0.458 e. The van der Waals surface area contributed by atoms with Crippen LogP contribution in [0.3, 0.4) is 0 Å². The molecule has 1 aliphatic heterocycles. The topological polar surface area (TPSA) is 177 Å². The van der Waals surface area contributed by atoms with Crippen LogP contribution >= 0.6 is 0 Å². The zero-order valence-corrected chi connectivity index (χ0v) is 31.0. The van der Waals surface area contributed by atoms with Gasteiger partial charge in [0.1, 0.15) is 17.2 Å². The van der Waals surface area contributed by atoms with Crippen molar-refractivity contribution >= 4 is 35.4 Å². The summed E-state index contributed by atoms with van der Waals surface area (Å²) >= 11 is 0. The van der Waals surface area contributed by atoms with Gasteiger partial charge in [0, 0.05) is 6.54 Å². The molecule has 3 rings (SSSR count). The summed E-state index contributed by atoms with van der Waals surface area (Å²) in [6, 6.07) is -2.62. The van der Waals surface area contributed by atoms with Crippen molar-refractivity contribution in [3.05, 3.63) is 0 Å². The highest BCUT2D eigenvalue weighted by Gasteiger charge is 2.48. The number of ether oxygens (including phenoxy) is 1. The highest BCUT2D eigenvalue weighted by atomic mass is 16.6. The molecule has 0 aromatic carbocycles. The largest absolute Gasteiger partial charge is 0.458 e. The van der Waals surface area contributed by atoms with Crippen molar-refractivity contribution in [3.8, 4) is 0 Å². The highest BCUT2D eigenvalue weighted by Crippen LogP contribution is 2.35. The third-order valence-electron chi connectivity index (χ3n) is 10.8. The molecule has 0 aromatic rings. The molecule has 4 unspecified atom stereocenters. The number of ketones is 1. The maximum Gasteiger partial charge on any atom is 0.332 e. The molecule has 0 aromatic heterocycles. The number of hydrogen-bond acceptors (Lipinski definition) is 8. The molecule has 3 aliphatic rings. The maximum atomic E-state index is 14.5. The second-order valence-electron chi connectivity index (χ2n) is 16.2. The first kappa shape index (κ1) is 40.4. The van der Waals surface area contributed by atoms with Crippen LogP contribution in [0.15, 0.2) is 0 Å². The van der Waals surface area contributed by atoms with Crippen LogP contribution in [0.25, 0.3) is 0 Å². The van der Waals surface area contributed by atoms with Gasteiger partial charge in [-0.3, -0.25) is 29.3 Å². The number of nitrogens with zero attached hydrogens (tertiary/aromatic N) is 1. The summed E-state index contributed by atoms with van der Waals surface area (Å²) < 4.78 is 5.73. The Balaban J connectivity index is 1.84. The molecule has 12 nitrogen and oxygen atoms in total. The molecule has 4 amide bonds. The fourth-order valence-corrected chi connectivity index (χ4v) is 7.85. The van der Waals surface area contributed by atoms with E-state index < -0.39 is 52.8 Å². The van der Waals surface area contributed by atoms with Gasteiger partial charge >= 0.3 is 5.97 Å². The summed E-state index contributed by atoms with van der Waals surface area (Å²) in [6.07, 6.45) is 9.84. The van der Waals surface area contributed by atoms with Crippen molar-refractivity contribution in [1.29, 1.82) is 0 Å². The van der Waals surface area contributed by atoms with Crippen LogP contribution in [0.4, 0.5) is 0 Å². The Bertz CT molecular complexity index is 1190. The predicted octanol–water partition coefficient (Wildman–Crippen LogP) is 3.53. The number of likely N-dealkylation sites (tertiary alicyclic amines) is 1. The molecule has 49 heavy (non-hydrogen) atoms. The molecule has 0 spiro atoms. The Labute approximate surface area is 293 Å². The number of nitrogens with two attached hydrogens (primary N) is 1. The number of esters is 1. The number of primary amides is 1. The van der Waals surface area contributed by atoms with Gasteiger partial charge in [-0.1, -0.05) is 72.6 Å². The monoisotopic (exact) mass is 689 g/mol. The quantitative estimate of drug-likeness (QED) is 0.149. The molecule has 2 aliphatic carbocycles. The molecule has 5 N–H and O–H groups in total. The van der Waals surface area contributed by atoms with E-state index in [9.17, 15) is 28.8 Å². The van der Waals surface area contributed by atoms with Crippen LogP contribution in [0.2, 0.25) is 0 Å². The molecule has 278 valence electrons. The lowest BCUT2D eigenvalue weighted by Gasteiger charge is -2.38. The molecule has 5 atom stereocenters. The van der Waals surface area contributed by atoms with Gasteiger partial charge in [-0.25, -0.2) is 4.79 Å². The van der Waals surface area contributed by atoms with E-state index in [2.05, 4.69) is 16.0 Å². The Morgan fingerprint density at radius 1 is 0.918 bits per heavy atom. The van der Waals surface area contributed by atoms with E-state index in [-0.39, 0.29) is 48.5 Å². The number of amides is 4. The van der Waals surface area contributed by atoms with Crippen molar-refractivity contribution in [2.75, 3.05) is 13.1 Å². The smallest absolute Gasteiger partial charge is 0.332 e. The first-order chi connectivity index (χ1) is 23.0. The van der Waals surface area contributed by atoms with E-state index in [4.69, 9.17) is 10.5 Å². The molecule has 3 fully saturated rings. The van der Waals surface area contributed by atoms with E-state index in [1.807, 2.05) is 48.5 Å². The normalized spacial score (nSPS) is 23.3. The molecule has 1 saturated heterocycles. The average molecular weight is 690 g/mol. The summed E-state index contributed by atoms with van der Waals surface area (Å²) in [5.41, 5.74) is 3.55. The minimum atomic E-state index is -1.11. The summed E-state index contributed by atoms with van der Waals surface area (Å²) in [5, 5.41) is 9.07. The van der Waals surface area contributed by atoms with Gasteiger partial charge in [0.15, 0.2) is 0 Å². The van der Waals surface area contributed by atoms with Gasteiger partial charge in [0.25, 0.3) is 5.91 Å². The van der Waals surface area contributed by atoms with Crippen LogP contribution in [-0.4, -0.2) is 82.6 Å². The van der Waals surface area contributed by atoms with Crippen molar-refractivity contribution < 1.29 is 33.5 Å². The fraction of sp³-hybridized carbons (Fsp3) is 0.838. The molecular weight excluding hydrogens is 626 g/mol. The average Bonchev–Trinajstić information content (AvgIpc) is 3.50. The molecule has 2 saturated carbocycles. The molecule has 0 bridgehead atoms. The Kier molecular flexibility index (Phi) is 14.7. The maximum absolute atomic E-state index is 14.5. The van der Waals surface area contributed by atoms with Crippen molar-refractivity contribution in [1.82, 2.24) is 20.9 Å². The van der Waals surface area contributed by atoms with Crippen molar-refractivity contribution in [2.45, 2.75) is 161 Å². The first-order valence-corrected chi connectivity index (χ1v) is 18.7. The summed E-state index contributed by atoms with van der Waals surface area (Å²) in [4.78, 5) is 81.7. The Morgan fingerprint density at radius 2 is 1.53 bits per heavy atom. The van der Waals surface area contributed by atoms with E-state index >= 15 is 0 Å². The molecule has 0 radical (unpaired) electrons. The highest BCUT2D eigenvalue weighted by molar-refractivity contribution is 6.37. The SMILES string of the molecule is CCC(C)CC(NC(=O)[C@@H]1C(C(C)C)CCN1C(=O)C(NCC(=O)NC1(C(=O)OC(C)(C)C)CCCCC1)C1CCCCC1)C(=O)C(N)=O. The standard InChI is InChI=1S/C37H63N5O7/c1-8-24(4)21-27(31(44)32(38)45)40-33(46)30-26(23(2)3)17-20-42(30)34(47)29(25-15-11-9-12-16-25)39-22-28(43)41-37(18-13-10-14-19-37)35(48)49-36(5,6)7/h23-27,29-30,39H,8-22H2,1-7H3,(H2,38,45)(H,40,46)(H,41,43)/t24?,26?,27?,29?,30-/m0/s1. The minimum absolute atomic E-state index is 0.0278. The number of rotatable bonds is 15. The Morgan fingerprint density at radius 3 is 2.08 bits per heavy atom. The van der Waals surface area contributed by atoms with Crippen LogP contribution in [0.1, 0.15) is 132 Å². The third-order valence-corrected chi connectivity index (χ3v) is 10.8. The zero-order chi connectivity index (χ0) is 36.5. The lowest BCUT2D eigenvalue weighted by molar-refractivity contribution is -0.166. The van der Waals surface area contributed by atoms with Gasteiger partial charge in [-0.15, -0.1) is 0 Å². The zero-order valence-electron chi connectivity index (χ0n) is 31.0. The van der Waals surface area contributed by atoms with Gasteiger partial charge < -0.3 is 26.0 Å². The second kappa shape index (κ2) is 17.8. The lowest BCUT2D eigenvalue weighted by atomic mass is 9.81. The summed E-state index contributed by atoms with van der Waals surface area (Å²) in [6.45, 7) is 13.5. The van der Waals surface area contributed by atoms with Crippen LogP contribution in [-0.2, 0) is 33.5 Å². The summed E-state index contributed by atoms with van der Waals surface area (Å²) in [7, 11) is 0. The van der Waals surface area contributed by atoms with Crippen LogP contribution in [0.5, 0.6) is 0 Å². The van der Waals surface area contributed by atoms with Gasteiger partial charge in [-0.2, -0.15) is 0 Å². The number of nitrogens with one attached hydrogen (secondary N) is 3. The van der Waals surface area contributed by atoms with Crippen molar-refractivity contribution in [3.63, 3.8) is 0 Å². The molecule has 1 heterocycles.